The number of nitrogens with two attached hydrogens (primary N) is 1. The standard InChI is InChI=1S/C10H15Cl2N3/c1-15(6-2-5-13)7-8-3-4-9(11)14-10(8)12/h3-4H,2,5-7,13H2,1H3. The summed E-state index contributed by atoms with van der Waals surface area (Å²) in [7, 11) is 2.03. The maximum absolute atomic E-state index is 5.96. The molecule has 0 bridgehead atoms. The number of hydrogen-bond acceptors (Lipinski definition) is 3. The van der Waals surface area contributed by atoms with Crippen LogP contribution in [0.15, 0.2) is 12.1 Å². The van der Waals surface area contributed by atoms with E-state index in [0.29, 0.717) is 16.9 Å². The summed E-state index contributed by atoms with van der Waals surface area (Å²) in [6.45, 7) is 2.43. The zero-order valence-corrected chi connectivity index (χ0v) is 10.2. The lowest BCUT2D eigenvalue weighted by Crippen LogP contribution is -2.21. The molecule has 0 fully saturated rings. The van der Waals surface area contributed by atoms with Gasteiger partial charge in [-0.1, -0.05) is 29.3 Å². The summed E-state index contributed by atoms with van der Waals surface area (Å²) in [4.78, 5) is 6.14. The van der Waals surface area contributed by atoms with Gasteiger partial charge in [0, 0.05) is 12.1 Å². The van der Waals surface area contributed by atoms with Gasteiger partial charge < -0.3 is 10.6 Å². The molecule has 3 nitrogen and oxygen atoms in total. The predicted molar refractivity (Wildman–Crippen MR) is 64.3 cm³/mol. The second kappa shape index (κ2) is 6.28. The lowest BCUT2D eigenvalue weighted by atomic mass is 10.2. The quantitative estimate of drug-likeness (QED) is 0.812. The van der Waals surface area contributed by atoms with E-state index in [2.05, 4.69) is 9.88 Å². The Morgan fingerprint density at radius 3 is 2.73 bits per heavy atom. The van der Waals surface area contributed by atoms with E-state index >= 15 is 0 Å². The Morgan fingerprint density at radius 1 is 1.40 bits per heavy atom. The third-order valence-electron chi connectivity index (χ3n) is 2.08. The summed E-state index contributed by atoms with van der Waals surface area (Å²) in [6.07, 6.45) is 0.981. The Balaban J connectivity index is 2.56. The minimum Gasteiger partial charge on any atom is -0.330 e. The molecule has 0 amide bonds. The highest BCUT2D eigenvalue weighted by molar-refractivity contribution is 6.32. The van der Waals surface area contributed by atoms with Crippen LogP contribution in [0.3, 0.4) is 0 Å². The maximum atomic E-state index is 5.96. The number of hydrogen-bond donors (Lipinski definition) is 1. The molecule has 0 aromatic carbocycles. The van der Waals surface area contributed by atoms with Gasteiger partial charge in [0.1, 0.15) is 10.3 Å². The lowest BCUT2D eigenvalue weighted by molar-refractivity contribution is 0.324. The van der Waals surface area contributed by atoms with Gasteiger partial charge in [-0.15, -0.1) is 0 Å². The van der Waals surface area contributed by atoms with Crippen LogP contribution in [0.4, 0.5) is 0 Å². The summed E-state index contributed by atoms with van der Waals surface area (Å²) in [6, 6.07) is 3.65. The molecule has 0 radical (unpaired) electrons. The first kappa shape index (κ1) is 12.7. The highest BCUT2D eigenvalue weighted by atomic mass is 35.5. The molecule has 1 heterocycles. The van der Waals surface area contributed by atoms with Crippen LogP contribution >= 0.6 is 23.2 Å². The summed E-state index contributed by atoms with van der Waals surface area (Å²) in [5, 5.41) is 0.899. The van der Waals surface area contributed by atoms with Gasteiger partial charge in [0.2, 0.25) is 0 Å². The Kier molecular flexibility index (Phi) is 5.32. The molecule has 5 heteroatoms. The van der Waals surface area contributed by atoms with Crippen molar-refractivity contribution in [3.8, 4) is 0 Å². The average Bonchev–Trinajstić information content (AvgIpc) is 2.19. The molecule has 0 saturated heterocycles. The third kappa shape index (κ3) is 4.34. The van der Waals surface area contributed by atoms with Crippen molar-refractivity contribution in [1.29, 1.82) is 0 Å². The normalized spacial score (nSPS) is 11.0. The van der Waals surface area contributed by atoms with Crippen LogP contribution in [-0.4, -0.2) is 30.0 Å². The first-order valence-corrected chi connectivity index (χ1v) is 5.58. The van der Waals surface area contributed by atoms with Gasteiger partial charge in [-0.2, -0.15) is 0 Å². The van der Waals surface area contributed by atoms with E-state index in [1.54, 1.807) is 6.07 Å². The maximum Gasteiger partial charge on any atom is 0.135 e. The number of nitrogens with zero attached hydrogens (tertiary/aromatic N) is 2. The number of pyridine rings is 1. The molecule has 0 unspecified atom stereocenters. The largest absolute Gasteiger partial charge is 0.330 e. The smallest absolute Gasteiger partial charge is 0.135 e. The number of halogens is 2. The van der Waals surface area contributed by atoms with Crippen molar-refractivity contribution in [2.75, 3.05) is 20.1 Å². The van der Waals surface area contributed by atoms with E-state index in [0.717, 1.165) is 25.1 Å². The highest BCUT2D eigenvalue weighted by Gasteiger charge is 2.05. The molecular formula is C10H15Cl2N3. The molecule has 0 spiro atoms. The second-order valence-corrected chi connectivity index (χ2v) is 4.21. The van der Waals surface area contributed by atoms with Crippen molar-refractivity contribution in [3.05, 3.63) is 28.0 Å². The third-order valence-corrected chi connectivity index (χ3v) is 2.61. The molecule has 15 heavy (non-hydrogen) atoms. The molecule has 1 aromatic rings. The van der Waals surface area contributed by atoms with E-state index in [-0.39, 0.29) is 0 Å². The Hall–Kier alpha value is -0.350. The summed E-state index contributed by atoms with van der Waals surface area (Å²) in [5.74, 6) is 0. The fourth-order valence-corrected chi connectivity index (χ4v) is 1.69. The number of aromatic nitrogens is 1. The Morgan fingerprint density at radius 2 is 2.13 bits per heavy atom. The molecule has 0 aliphatic carbocycles. The highest BCUT2D eigenvalue weighted by Crippen LogP contribution is 2.17. The zero-order valence-electron chi connectivity index (χ0n) is 8.71. The van der Waals surface area contributed by atoms with Crippen molar-refractivity contribution < 1.29 is 0 Å². The van der Waals surface area contributed by atoms with E-state index < -0.39 is 0 Å². The molecule has 0 atom stereocenters. The van der Waals surface area contributed by atoms with Gasteiger partial charge in [0.25, 0.3) is 0 Å². The minimum absolute atomic E-state index is 0.424. The van der Waals surface area contributed by atoms with Gasteiger partial charge in [-0.3, -0.25) is 0 Å². The first-order valence-electron chi connectivity index (χ1n) is 4.83. The van der Waals surface area contributed by atoms with E-state index in [1.807, 2.05) is 13.1 Å². The molecule has 0 saturated carbocycles. The minimum atomic E-state index is 0.424. The fourth-order valence-electron chi connectivity index (χ4n) is 1.29. The van der Waals surface area contributed by atoms with Crippen LogP contribution in [-0.2, 0) is 6.54 Å². The van der Waals surface area contributed by atoms with E-state index in [4.69, 9.17) is 28.9 Å². The van der Waals surface area contributed by atoms with Crippen LogP contribution in [0.5, 0.6) is 0 Å². The zero-order chi connectivity index (χ0) is 11.3. The molecular weight excluding hydrogens is 233 g/mol. The Labute approximate surface area is 100 Å². The van der Waals surface area contributed by atoms with Crippen molar-refractivity contribution in [1.82, 2.24) is 9.88 Å². The summed E-state index contributed by atoms with van der Waals surface area (Å²) in [5.41, 5.74) is 6.42. The van der Waals surface area contributed by atoms with Crippen molar-refractivity contribution in [3.63, 3.8) is 0 Å². The molecule has 2 N–H and O–H groups in total. The van der Waals surface area contributed by atoms with Crippen LogP contribution < -0.4 is 5.73 Å². The fraction of sp³-hybridized carbons (Fsp3) is 0.500. The van der Waals surface area contributed by atoms with E-state index in [9.17, 15) is 0 Å². The SMILES string of the molecule is CN(CCCN)Cc1ccc(Cl)nc1Cl. The first-order chi connectivity index (χ1) is 7.13. The lowest BCUT2D eigenvalue weighted by Gasteiger charge is -2.16. The molecule has 0 aliphatic heterocycles. The average molecular weight is 248 g/mol. The molecule has 84 valence electrons. The predicted octanol–water partition coefficient (Wildman–Crippen LogP) is 2.17. The summed E-state index contributed by atoms with van der Waals surface area (Å²) >= 11 is 11.7. The Bertz CT molecular complexity index is 318. The topological polar surface area (TPSA) is 42.1 Å². The van der Waals surface area contributed by atoms with Crippen LogP contribution in [0.25, 0.3) is 0 Å². The van der Waals surface area contributed by atoms with Gasteiger partial charge >= 0.3 is 0 Å². The van der Waals surface area contributed by atoms with Crippen LogP contribution in [0, 0.1) is 0 Å². The molecule has 1 rings (SSSR count). The van der Waals surface area contributed by atoms with E-state index in [1.165, 1.54) is 0 Å². The van der Waals surface area contributed by atoms with Crippen molar-refractivity contribution in [2.24, 2.45) is 5.73 Å². The number of rotatable bonds is 5. The van der Waals surface area contributed by atoms with Gasteiger partial charge in [0.05, 0.1) is 0 Å². The van der Waals surface area contributed by atoms with Crippen LogP contribution in [0.2, 0.25) is 10.3 Å². The van der Waals surface area contributed by atoms with Crippen LogP contribution in [0.1, 0.15) is 12.0 Å². The van der Waals surface area contributed by atoms with Crippen molar-refractivity contribution >= 4 is 23.2 Å². The molecule has 1 aromatic heterocycles. The van der Waals surface area contributed by atoms with Gasteiger partial charge in [-0.05, 0) is 32.6 Å². The monoisotopic (exact) mass is 247 g/mol. The second-order valence-electron chi connectivity index (χ2n) is 3.46. The van der Waals surface area contributed by atoms with Gasteiger partial charge in [-0.25, -0.2) is 4.98 Å². The molecule has 0 aliphatic rings. The van der Waals surface area contributed by atoms with Gasteiger partial charge in [0.15, 0.2) is 0 Å². The summed E-state index contributed by atoms with van der Waals surface area (Å²) < 4.78 is 0. The van der Waals surface area contributed by atoms with Crippen molar-refractivity contribution in [2.45, 2.75) is 13.0 Å².